The molecule has 0 saturated carbocycles. The monoisotopic (exact) mass is 304 g/mol. The van der Waals surface area contributed by atoms with Crippen molar-refractivity contribution in [3.8, 4) is 5.88 Å². The minimum atomic E-state index is -3.74. The lowest BCUT2D eigenvalue weighted by Gasteiger charge is -2.18. The van der Waals surface area contributed by atoms with Crippen LogP contribution in [-0.4, -0.2) is 38.2 Å². The zero-order chi connectivity index (χ0) is 14.2. The van der Waals surface area contributed by atoms with E-state index < -0.39 is 14.3 Å². The van der Waals surface area contributed by atoms with Gasteiger partial charge in [-0.3, -0.25) is 4.79 Å². The fourth-order valence-corrected chi connectivity index (χ4v) is 3.05. The molecule has 2 heterocycles. The summed E-state index contributed by atoms with van der Waals surface area (Å²) in [4.78, 5) is 17.4. The Morgan fingerprint density at radius 2 is 2.16 bits per heavy atom. The molecular weight excluding hydrogens is 292 g/mol. The van der Waals surface area contributed by atoms with E-state index in [0.717, 1.165) is 0 Å². The van der Waals surface area contributed by atoms with Crippen LogP contribution in [0.15, 0.2) is 12.1 Å². The lowest BCUT2D eigenvalue weighted by molar-refractivity contribution is -0.117. The van der Waals surface area contributed by atoms with Gasteiger partial charge in [0.15, 0.2) is 0 Å². The van der Waals surface area contributed by atoms with Gasteiger partial charge in [-0.05, 0) is 13.0 Å². The van der Waals surface area contributed by atoms with Gasteiger partial charge < -0.3 is 9.64 Å². The van der Waals surface area contributed by atoms with E-state index in [1.807, 2.05) is 0 Å². The first-order chi connectivity index (χ1) is 8.82. The maximum Gasteiger partial charge on any atom is 0.237 e. The molecule has 1 unspecified atom stereocenters. The van der Waals surface area contributed by atoms with Gasteiger partial charge in [0.05, 0.1) is 18.5 Å². The van der Waals surface area contributed by atoms with Crippen LogP contribution < -0.4 is 9.64 Å². The van der Waals surface area contributed by atoms with E-state index in [1.54, 1.807) is 19.1 Å². The summed E-state index contributed by atoms with van der Waals surface area (Å²) in [5, 5.41) is -0.872. The number of methoxy groups -OCH3 is 1. The quantitative estimate of drug-likeness (QED) is 0.781. The van der Waals surface area contributed by atoms with Crippen molar-refractivity contribution in [3.63, 3.8) is 0 Å². The highest BCUT2D eigenvalue weighted by atomic mass is 35.7. The van der Waals surface area contributed by atoms with Crippen molar-refractivity contribution >= 4 is 31.3 Å². The van der Waals surface area contributed by atoms with Gasteiger partial charge in [0.2, 0.25) is 20.8 Å². The molecule has 0 N–H and O–H groups in total. The van der Waals surface area contributed by atoms with Gasteiger partial charge in [-0.15, -0.1) is 0 Å². The number of ether oxygens (including phenoxy) is 1. The SMILES string of the molecule is COc1ccc(N2CC(S(=O)(=O)Cl)CC2=O)c(C)n1. The highest BCUT2D eigenvalue weighted by molar-refractivity contribution is 8.14. The number of carbonyl (C=O) groups is 1. The van der Waals surface area contributed by atoms with Gasteiger partial charge in [0.25, 0.3) is 0 Å². The second-order valence-corrected chi connectivity index (χ2v) is 7.17. The number of aromatic nitrogens is 1. The van der Waals surface area contributed by atoms with Crippen molar-refractivity contribution in [2.75, 3.05) is 18.6 Å². The first-order valence-corrected chi connectivity index (χ1v) is 7.95. The largest absolute Gasteiger partial charge is 0.481 e. The summed E-state index contributed by atoms with van der Waals surface area (Å²) < 4.78 is 27.6. The van der Waals surface area contributed by atoms with E-state index in [2.05, 4.69) is 4.98 Å². The minimum Gasteiger partial charge on any atom is -0.481 e. The van der Waals surface area contributed by atoms with Gasteiger partial charge in [0.1, 0.15) is 5.25 Å². The Kier molecular flexibility index (Phi) is 3.69. The Balaban J connectivity index is 2.31. The van der Waals surface area contributed by atoms with E-state index in [1.165, 1.54) is 12.0 Å². The third-order valence-corrected chi connectivity index (χ3v) is 4.89. The van der Waals surface area contributed by atoms with E-state index in [-0.39, 0.29) is 18.9 Å². The zero-order valence-corrected chi connectivity index (χ0v) is 12.0. The third-order valence-electron chi connectivity index (χ3n) is 3.02. The van der Waals surface area contributed by atoms with Crippen LogP contribution in [0.4, 0.5) is 5.69 Å². The molecule has 0 bridgehead atoms. The van der Waals surface area contributed by atoms with E-state index >= 15 is 0 Å². The van der Waals surface area contributed by atoms with Crippen LogP contribution in [0.2, 0.25) is 0 Å². The van der Waals surface area contributed by atoms with Crippen LogP contribution in [0.3, 0.4) is 0 Å². The minimum absolute atomic E-state index is 0.0551. The summed E-state index contributed by atoms with van der Waals surface area (Å²) in [5.74, 6) is 0.165. The molecule has 1 atom stereocenters. The Hall–Kier alpha value is -1.34. The molecule has 1 aromatic heterocycles. The Labute approximate surface area is 115 Å². The molecule has 19 heavy (non-hydrogen) atoms. The molecule has 1 aromatic rings. The molecule has 1 amide bonds. The number of halogens is 1. The van der Waals surface area contributed by atoms with Crippen molar-refractivity contribution in [1.29, 1.82) is 0 Å². The smallest absolute Gasteiger partial charge is 0.237 e. The van der Waals surface area contributed by atoms with Gasteiger partial charge in [-0.25, -0.2) is 13.4 Å². The van der Waals surface area contributed by atoms with Crippen molar-refractivity contribution < 1.29 is 17.9 Å². The van der Waals surface area contributed by atoms with Crippen LogP contribution in [0.5, 0.6) is 5.88 Å². The fraction of sp³-hybridized carbons (Fsp3) is 0.455. The summed E-state index contributed by atoms with van der Waals surface area (Å²) in [7, 11) is 3.06. The van der Waals surface area contributed by atoms with Gasteiger partial charge in [0, 0.05) is 29.7 Å². The molecule has 0 radical (unpaired) electrons. The number of nitrogens with zero attached hydrogens (tertiary/aromatic N) is 2. The Morgan fingerprint density at radius 1 is 1.47 bits per heavy atom. The molecule has 1 saturated heterocycles. The van der Waals surface area contributed by atoms with Gasteiger partial charge >= 0.3 is 0 Å². The Morgan fingerprint density at radius 3 is 2.63 bits per heavy atom. The standard InChI is InChI=1S/C11H13ClN2O4S/c1-7-9(3-4-10(13-7)18-2)14-6-8(5-11(14)15)19(12,16)17/h3-4,8H,5-6H2,1-2H3. The Bertz CT molecular complexity index is 617. The number of rotatable bonds is 3. The molecule has 104 valence electrons. The molecule has 0 spiro atoms. The third kappa shape index (κ3) is 2.82. The lowest BCUT2D eigenvalue weighted by Crippen LogP contribution is -2.27. The number of amides is 1. The number of hydrogen-bond acceptors (Lipinski definition) is 5. The van der Waals surface area contributed by atoms with E-state index in [9.17, 15) is 13.2 Å². The number of aryl methyl sites for hydroxylation is 1. The first-order valence-electron chi connectivity index (χ1n) is 5.58. The molecule has 8 heteroatoms. The van der Waals surface area contributed by atoms with Crippen LogP contribution in [0.25, 0.3) is 0 Å². The van der Waals surface area contributed by atoms with Crippen molar-refractivity contribution in [2.45, 2.75) is 18.6 Å². The molecule has 0 aliphatic carbocycles. The van der Waals surface area contributed by atoms with Crippen LogP contribution in [0.1, 0.15) is 12.1 Å². The maximum atomic E-state index is 11.9. The summed E-state index contributed by atoms with van der Waals surface area (Å²) in [6, 6.07) is 3.31. The summed E-state index contributed by atoms with van der Waals surface area (Å²) in [6.45, 7) is 1.78. The van der Waals surface area contributed by atoms with Crippen molar-refractivity contribution in [3.05, 3.63) is 17.8 Å². The molecule has 1 aliphatic rings. The average molecular weight is 305 g/mol. The average Bonchev–Trinajstić information content (AvgIpc) is 2.71. The topological polar surface area (TPSA) is 76.6 Å². The van der Waals surface area contributed by atoms with E-state index in [4.69, 9.17) is 15.4 Å². The second-order valence-electron chi connectivity index (χ2n) is 4.26. The van der Waals surface area contributed by atoms with Crippen LogP contribution in [0, 0.1) is 6.92 Å². The normalized spacial score (nSPS) is 19.8. The highest BCUT2D eigenvalue weighted by Gasteiger charge is 2.38. The maximum absolute atomic E-state index is 11.9. The molecule has 2 rings (SSSR count). The van der Waals surface area contributed by atoms with Crippen molar-refractivity contribution in [1.82, 2.24) is 4.98 Å². The fourth-order valence-electron chi connectivity index (χ4n) is 2.03. The van der Waals surface area contributed by atoms with Crippen LogP contribution >= 0.6 is 10.7 Å². The zero-order valence-electron chi connectivity index (χ0n) is 10.5. The number of hydrogen-bond donors (Lipinski definition) is 0. The predicted octanol–water partition coefficient (Wildman–Crippen LogP) is 1.07. The molecule has 1 aliphatic heterocycles. The number of carbonyl (C=O) groups excluding carboxylic acids is 1. The lowest BCUT2D eigenvalue weighted by atomic mass is 10.3. The second kappa shape index (κ2) is 4.97. The highest BCUT2D eigenvalue weighted by Crippen LogP contribution is 2.29. The van der Waals surface area contributed by atoms with Gasteiger partial charge in [-0.1, -0.05) is 0 Å². The summed E-state index contributed by atoms with van der Waals surface area (Å²) in [6.07, 6.45) is -0.0999. The number of pyridine rings is 1. The van der Waals surface area contributed by atoms with Crippen LogP contribution in [-0.2, 0) is 13.8 Å². The summed E-state index contributed by atoms with van der Waals surface area (Å²) >= 11 is 0. The predicted molar refractivity (Wildman–Crippen MR) is 71.1 cm³/mol. The number of anilines is 1. The van der Waals surface area contributed by atoms with E-state index in [0.29, 0.717) is 17.3 Å². The van der Waals surface area contributed by atoms with Crippen molar-refractivity contribution in [2.24, 2.45) is 0 Å². The molecular formula is C11H13ClN2O4S. The van der Waals surface area contributed by atoms with Gasteiger partial charge in [-0.2, -0.15) is 0 Å². The summed E-state index contributed by atoms with van der Waals surface area (Å²) in [5.41, 5.74) is 1.17. The molecule has 6 nitrogen and oxygen atoms in total. The molecule has 1 fully saturated rings. The molecule has 0 aromatic carbocycles. The first kappa shape index (κ1) is 14.1.